The Labute approximate surface area is 136 Å². The Balaban J connectivity index is 1.66. The van der Waals surface area contributed by atoms with Gasteiger partial charge in [-0.3, -0.25) is 4.79 Å². The summed E-state index contributed by atoms with van der Waals surface area (Å²) in [6.45, 7) is 7.37. The highest BCUT2D eigenvalue weighted by molar-refractivity contribution is 5.79. The minimum atomic E-state index is -0.280. The molecule has 0 aliphatic carbocycles. The lowest BCUT2D eigenvalue weighted by Gasteiger charge is -2.41. The molecule has 0 N–H and O–H groups in total. The third-order valence-corrected chi connectivity index (χ3v) is 3.98. The van der Waals surface area contributed by atoms with Crippen molar-refractivity contribution in [3.05, 3.63) is 48.3 Å². The van der Waals surface area contributed by atoms with Crippen LogP contribution in [0.3, 0.4) is 0 Å². The molecular formula is C18H23N3O2. The summed E-state index contributed by atoms with van der Waals surface area (Å²) in [6.07, 6.45) is 4.14. The molecule has 0 unspecified atom stereocenters. The van der Waals surface area contributed by atoms with Crippen molar-refractivity contribution in [2.75, 3.05) is 13.1 Å². The number of rotatable bonds is 3. The second kappa shape index (κ2) is 6.16. The van der Waals surface area contributed by atoms with Crippen LogP contribution in [0, 0.1) is 0 Å². The van der Waals surface area contributed by atoms with Gasteiger partial charge in [-0.2, -0.15) is 5.10 Å². The average molecular weight is 313 g/mol. The van der Waals surface area contributed by atoms with Crippen LogP contribution < -0.4 is 0 Å². The first kappa shape index (κ1) is 15.7. The van der Waals surface area contributed by atoms with Gasteiger partial charge in [0.15, 0.2) is 0 Å². The van der Waals surface area contributed by atoms with E-state index in [-0.39, 0.29) is 17.6 Å². The van der Waals surface area contributed by atoms with Gasteiger partial charge in [0.05, 0.1) is 23.8 Å². The van der Waals surface area contributed by atoms with Crippen molar-refractivity contribution >= 4 is 5.91 Å². The molecule has 2 aromatic rings. The molecule has 1 fully saturated rings. The van der Waals surface area contributed by atoms with Crippen LogP contribution in [0.25, 0.3) is 5.69 Å². The lowest BCUT2D eigenvalue weighted by Crippen LogP contribution is -2.54. The third-order valence-electron chi connectivity index (χ3n) is 3.98. The van der Waals surface area contributed by atoms with Gasteiger partial charge < -0.3 is 9.64 Å². The van der Waals surface area contributed by atoms with E-state index in [0.29, 0.717) is 19.5 Å². The number of carbonyl (C=O) groups excluding carboxylic acids is 1. The predicted molar refractivity (Wildman–Crippen MR) is 88.5 cm³/mol. The van der Waals surface area contributed by atoms with E-state index in [0.717, 1.165) is 11.3 Å². The molecule has 0 saturated carbocycles. The fourth-order valence-corrected chi connectivity index (χ4v) is 3.12. The fraction of sp³-hybridized carbons (Fsp3) is 0.444. The first-order chi connectivity index (χ1) is 10.9. The first-order valence-corrected chi connectivity index (χ1v) is 7.97. The molecular weight excluding hydrogens is 290 g/mol. The molecule has 3 rings (SSSR count). The van der Waals surface area contributed by atoms with Crippen molar-refractivity contribution in [3.8, 4) is 5.69 Å². The van der Waals surface area contributed by atoms with E-state index in [1.165, 1.54) is 0 Å². The Morgan fingerprint density at radius 3 is 2.70 bits per heavy atom. The van der Waals surface area contributed by atoms with Gasteiger partial charge in [0, 0.05) is 25.5 Å². The Hall–Kier alpha value is -2.14. The summed E-state index contributed by atoms with van der Waals surface area (Å²) in [5.74, 6) is 0.153. The number of hydrogen-bond donors (Lipinski definition) is 0. The molecule has 2 heterocycles. The molecule has 0 spiro atoms. The Kier molecular flexibility index (Phi) is 4.22. The number of benzene rings is 1. The monoisotopic (exact) mass is 313 g/mol. The van der Waals surface area contributed by atoms with Gasteiger partial charge in [0.1, 0.15) is 0 Å². The summed E-state index contributed by atoms with van der Waals surface area (Å²) in [5, 5.41) is 4.20. The van der Waals surface area contributed by atoms with Gasteiger partial charge in [0.25, 0.3) is 0 Å². The summed E-state index contributed by atoms with van der Waals surface area (Å²) < 4.78 is 7.66. The molecule has 5 heteroatoms. The van der Waals surface area contributed by atoms with Crippen LogP contribution in [-0.4, -0.2) is 45.4 Å². The zero-order valence-electron chi connectivity index (χ0n) is 13.9. The van der Waals surface area contributed by atoms with Crippen molar-refractivity contribution in [2.24, 2.45) is 0 Å². The van der Waals surface area contributed by atoms with Gasteiger partial charge in [-0.15, -0.1) is 0 Å². The molecule has 1 aliphatic rings. The zero-order chi connectivity index (χ0) is 16.4. The Bertz CT molecular complexity index is 662. The van der Waals surface area contributed by atoms with Crippen LogP contribution in [0.4, 0.5) is 0 Å². The van der Waals surface area contributed by atoms with Crippen LogP contribution in [0.1, 0.15) is 26.3 Å². The van der Waals surface area contributed by atoms with E-state index < -0.39 is 0 Å². The topological polar surface area (TPSA) is 47.4 Å². The van der Waals surface area contributed by atoms with Crippen LogP contribution in [0.5, 0.6) is 0 Å². The van der Waals surface area contributed by atoms with Crippen LogP contribution in [0.2, 0.25) is 0 Å². The zero-order valence-corrected chi connectivity index (χ0v) is 13.9. The molecule has 1 aromatic carbocycles. The Morgan fingerprint density at radius 2 is 2.09 bits per heavy atom. The number of ether oxygens (including phenoxy) is 1. The summed E-state index contributed by atoms with van der Waals surface area (Å²) in [7, 11) is 0. The third kappa shape index (κ3) is 3.79. The second-order valence-corrected chi connectivity index (χ2v) is 6.76. The number of carbonyl (C=O) groups is 1. The van der Waals surface area contributed by atoms with Crippen molar-refractivity contribution in [3.63, 3.8) is 0 Å². The highest BCUT2D eigenvalue weighted by Crippen LogP contribution is 2.21. The molecule has 0 bridgehead atoms. The van der Waals surface area contributed by atoms with Gasteiger partial charge in [-0.25, -0.2) is 4.68 Å². The van der Waals surface area contributed by atoms with Gasteiger partial charge in [-0.1, -0.05) is 12.1 Å². The molecule has 1 saturated heterocycles. The predicted octanol–water partition coefficient (Wildman–Crippen LogP) is 2.44. The number of morpholine rings is 1. The standard InChI is InChI=1S/C18H23N3O2/c1-14-12-20(13-18(2,3)23-14)17(22)11-15-5-7-16(8-6-15)21-10-4-9-19-21/h4-10,14H,11-13H2,1-3H3/t14-/m1/s1. The minimum Gasteiger partial charge on any atom is -0.369 e. The van der Waals surface area contributed by atoms with Gasteiger partial charge >= 0.3 is 0 Å². The van der Waals surface area contributed by atoms with Crippen LogP contribution in [0.15, 0.2) is 42.7 Å². The highest BCUT2D eigenvalue weighted by Gasteiger charge is 2.33. The Morgan fingerprint density at radius 1 is 1.35 bits per heavy atom. The lowest BCUT2D eigenvalue weighted by atomic mass is 10.0. The number of amides is 1. The number of hydrogen-bond acceptors (Lipinski definition) is 3. The summed E-state index contributed by atoms with van der Waals surface area (Å²) in [4.78, 5) is 14.5. The lowest BCUT2D eigenvalue weighted by molar-refractivity contribution is -0.157. The van der Waals surface area contributed by atoms with Crippen LogP contribution in [-0.2, 0) is 16.0 Å². The van der Waals surface area contributed by atoms with E-state index >= 15 is 0 Å². The first-order valence-electron chi connectivity index (χ1n) is 7.97. The number of aromatic nitrogens is 2. The molecule has 5 nitrogen and oxygen atoms in total. The smallest absolute Gasteiger partial charge is 0.227 e. The summed E-state index contributed by atoms with van der Waals surface area (Å²) in [5.41, 5.74) is 1.73. The maximum atomic E-state index is 12.6. The summed E-state index contributed by atoms with van der Waals surface area (Å²) >= 11 is 0. The maximum Gasteiger partial charge on any atom is 0.227 e. The average Bonchev–Trinajstić information content (AvgIpc) is 3.00. The molecule has 1 aliphatic heterocycles. The SMILES string of the molecule is C[C@@H]1CN(C(=O)Cc2ccc(-n3cccn3)cc2)CC(C)(C)O1. The van der Waals surface area contributed by atoms with E-state index in [1.807, 2.05) is 62.2 Å². The largest absolute Gasteiger partial charge is 0.369 e. The fourth-order valence-electron chi connectivity index (χ4n) is 3.12. The van der Waals surface area contributed by atoms with Crippen molar-refractivity contribution in [1.82, 2.24) is 14.7 Å². The number of nitrogens with zero attached hydrogens (tertiary/aromatic N) is 3. The minimum absolute atomic E-state index is 0.0740. The van der Waals surface area contributed by atoms with Crippen molar-refractivity contribution in [1.29, 1.82) is 0 Å². The van der Waals surface area contributed by atoms with Gasteiger partial charge in [0.2, 0.25) is 5.91 Å². The van der Waals surface area contributed by atoms with E-state index in [2.05, 4.69) is 5.10 Å². The normalized spacial score (nSPS) is 20.5. The molecule has 23 heavy (non-hydrogen) atoms. The van der Waals surface area contributed by atoms with Crippen molar-refractivity contribution in [2.45, 2.75) is 38.9 Å². The van der Waals surface area contributed by atoms with Crippen LogP contribution >= 0.6 is 0 Å². The molecule has 1 amide bonds. The molecule has 1 atom stereocenters. The molecule has 1 aromatic heterocycles. The van der Waals surface area contributed by atoms with Gasteiger partial charge in [-0.05, 0) is 44.5 Å². The molecule has 122 valence electrons. The van der Waals surface area contributed by atoms with E-state index in [1.54, 1.807) is 10.9 Å². The van der Waals surface area contributed by atoms with Crippen molar-refractivity contribution < 1.29 is 9.53 Å². The van der Waals surface area contributed by atoms with E-state index in [9.17, 15) is 4.79 Å². The second-order valence-electron chi connectivity index (χ2n) is 6.76. The van der Waals surface area contributed by atoms with E-state index in [4.69, 9.17) is 4.74 Å². The summed E-state index contributed by atoms with van der Waals surface area (Å²) in [6, 6.07) is 9.84. The highest BCUT2D eigenvalue weighted by atomic mass is 16.5. The quantitative estimate of drug-likeness (QED) is 0.874. The molecule has 0 radical (unpaired) electrons. The maximum absolute atomic E-state index is 12.6.